The number of ether oxygens (including phenoxy) is 2. The molecule has 5 heteroatoms. The predicted molar refractivity (Wildman–Crippen MR) is 96.4 cm³/mol. The summed E-state index contributed by atoms with van der Waals surface area (Å²) in [5, 5.41) is 0. The first-order chi connectivity index (χ1) is 11.6. The van der Waals surface area contributed by atoms with Gasteiger partial charge in [-0.2, -0.15) is 0 Å². The molecular formula is C19H23BrO4. The zero-order valence-corrected chi connectivity index (χ0v) is 15.7. The second-order valence-electron chi connectivity index (χ2n) is 5.69. The van der Waals surface area contributed by atoms with Crippen LogP contribution in [0.5, 0.6) is 0 Å². The Bertz CT molecular complexity index is 591. The zero-order valence-electron chi connectivity index (χ0n) is 14.1. The van der Waals surface area contributed by atoms with Crippen LogP contribution in [0.3, 0.4) is 0 Å². The summed E-state index contributed by atoms with van der Waals surface area (Å²) < 4.78 is 11.2. The van der Waals surface area contributed by atoms with Crippen molar-refractivity contribution in [2.45, 2.75) is 33.1 Å². The fourth-order valence-electron chi connectivity index (χ4n) is 3.17. The summed E-state index contributed by atoms with van der Waals surface area (Å²) in [5.74, 6) is -2.06. The normalized spacial score (nSPS) is 19.2. The van der Waals surface area contributed by atoms with Crippen LogP contribution in [-0.4, -0.2) is 25.2 Å². The smallest absolute Gasteiger partial charge is 0.320 e. The van der Waals surface area contributed by atoms with Gasteiger partial charge in [0, 0.05) is 10.4 Å². The van der Waals surface area contributed by atoms with Crippen molar-refractivity contribution in [3.8, 4) is 0 Å². The van der Waals surface area contributed by atoms with Crippen molar-refractivity contribution in [3.63, 3.8) is 0 Å². The highest BCUT2D eigenvalue weighted by atomic mass is 79.9. The Morgan fingerprint density at radius 2 is 1.71 bits per heavy atom. The van der Waals surface area contributed by atoms with Crippen molar-refractivity contribution in [2.75, 3.05) is 13.2 Å². The SMILES string of the molecule is CCOC(=O)C(C(=O)OCC)C1CCC/C1=C(\Br)c1ccccc1. The van der Waals surface area contributed by atoms with Crippen molar-refractivity contribution in [2.24, 2.45) is 11.8 Å². The third-order valence-corrected chi connectivity index (χ3v) is 5.17. The van der Waals surface area contributed by atoms with Gasteiger partial charge in [-0.3, -0.25) is 9.59 Å². The van der Waals surface area contributed by atoms with Crippen LogP contribution in [0.4, 0.5) is 0 Å². The molecule has 1 saturated carbocycles. The number of hydrogen-bond acceptors (Lipinski definition) is 4. The number of halogens is 1. The van der Waals surface area contributed by atoms with Crippen LogP contribution in [0, 0.1) is 11.8 Å². The number of benzene rings is 1. The highest BCUT2D eigenvalue weighted by Crippen LogP contribution is 2.43. The largest absolute Gasteiger partial charge is 0.465 e. The predicted octanol–water partition coefficient (Wildman–Crippen LogP) is 4.34. The Hall–Kier alpha value is -1.62. The molecule has 24 heavy (non-hydrogen) atoms. The summed E-state index contributed by atoms with van der Waals surface area (Å²) in [6, 6.07) is 9.91. The van der Waals surface area contributed by atoms with Crippen molar-refractivity contribution in [1.29, 1.82) is 0 Å². The lowest BCUT2D eigenvalue weighted by atomic mass is 9.86. The molecule has 1 aliphatic carbocycles. The van der Waals surface area contributed by atoms with Gasteiger partial charge in [-0.1, -0.05) is 51.8 Å². The number of esters is 2. The molecule has 1 aromatic rings. The third kappa shape index (κ3) is 4.26. The fourth-order valence-corrected chi connectivity index (χ4v) is 3.93. The maximum absolute atomic E-state index is 12.4. The first-order valence-corrected chi connectivity index (χ1v) is 9.16. The van der Waals surface area contributed by atoms with E-state index in [-0.39, 0.29) is 19.1 Å². The molecule has 1 unspecified atom stereocenters. The number of hydrogen-bond donors (Lipinski definition) is 0. The highest BCUT2D eigenvalue weighted by molar-refractivity contribution is 9.15. The van der Waals surface area contributed by atoms with Crippen molar-refractivity contribution >= 4 is 32.4 Å². The van der Waals surface area contributed by atoms with Crippen LogP contribution in [-0.2, 0) is 19.1 Å². The minimum atomic E-state index is -0.890. The van der Waals surface area contributed by atoms with Gasteiger partial charge in [0.15, 0.2) is 5.92 Å². The van der Waals surface area contributed by atoms with E-state index < -0.39 is 17.9 Å². The van der Waals surface area contributed by atoms with Gasteiger partial charge in [0.2, 0.25) is 0 Å². The van der Waals surface area contributed by atoms with E-state index in [4.69, 9.17) is 9.47 Å². The van der Waals surface area contributed by atoms with Crippen molar-refractivity contribution < 1.29 is 19.1 Å². The number of carbonyl (C=O) groups is 2. The number of carbonyl (C=O) groups excluding carboxylic acids is 2. The van der Waals surface area contributed by atoms with E-state index in [1.54, 1.807) is 13.8 Å². The van der Waals surface area contributed by atoms with Gasteiger partial charge >= 0.3 is 11.9 Å². The third-order valence-electron chi connectivity index (χ3n) is 4.20. The molecule has 0 radical (unpaired) electrons. The summed E-state index contributed by atoms with van der Waals surface area (Å²) in [4.78, 5) is 24.8. The van der Waals surface area contributed by atoms with Gasteiger partial charge < -0.3 is 9.47 Å². The average Bonchev–Trinajstić information content (AvgIpc) is 3.05. The van der Waals surface area contributed by atoms with Crippen molar-refractivity contribution in [1.82, 2.24) is 0 Å². The van der Waals surface area contributed by atoms with Crippen molar-refractivity contribution in [3.05, 3.63) is 41.5 Å². The van der Waals surface area contributed by atoms with E-state index in [2.05, 4.69) is 15.9 Å². The maximum Gasteiger partial charge on any atom is 0.320 e. The second kappa shape index (κ2) is 9.02. The Kier molecular flexibility index (Phi) is 7.03. The molecule has 0 aliphatic heterocycles. The number of allylic oxidation sites excluding steroid dienone is 1. The van der Waals surface area contributed by atoms with E-state index in [9.17, 15) is 9.59 Å². The Morgan fingerprint density at radius 1 is 1.12 bits per heavy atom. The zero-order chi connectivity index (χ0) is 17.5. The monoisotopic (exact) mass is 394 g/mol. The quantitative estimate of drug-likeness (QED) is 0.531. The summed E-state index contributed by atoms with van der Waals surface area (Å²) in [7, 11) is 0. The minimum Gasteiger partial charge on any atom is -0.465 e. The second-order valence-corrected chi connectivity index (χ2v) is 6.48. The lowest BCUT2D eigenvalue weighted by Crippen LogP contribution is -2.34. The van der Waals surface area contributed by atoms with E-state index in [0.717, 1.165) is 34.9 Å². The number of rotatable bonds is 6. The summed E-state index contributed by atoms with van der Waals surface area (Å²) in [6.07, 6.45) is 2.58. The van der Waals surface area contributed by atoms with E-state index in [0.29, 0.717) is 0 Å². The van der Waals surface area contributed by atoms with Crippen LogP contribution in [0.2, 0.25) is 0 Å². The van der Waals surface area contributed by atoms with Gasteiger partial charge in [0.25, 0.3) is 0 Å². The Labute approximate surface area is 151 Å². The first-order valence-electron chi connectivity index (χ1n) is 8.37. The van der Waals surface area contributed by atoms with Gasteiger partial charge in [-0.05, 0) is 38.7 Å². The fraction of sp³-hybridized carbons (Fsp3) is 0.474. The molecule has 4 nitrogen and oxygen atoms in total. The average molecular weight is 395 g/mol. The molecule has 1 aromatic carbocycles. The molecular weight excluding hydrogens is 372 g/mol. The van der Waals surface area contributed by atoms with Gasteiger partial charge in [0.05, 0.1) is 13.2 Å². The lowest BCUT2D eigenvalue weighted by Gasteiger charge is -2.22. The topological polar surface area (TPSA) is 52.6 Å². The van der Waals surface area contributed by atoms with Crippen LogP contribution in [0.25, 0.3) is 4.48 Å². The van der Waals surface area contributed by atoms with Crippen LogP contribution >= 0.6 is 15.9 Å². The first kappa shape index (κ1) is 18.7. The summed E-state index contributed by atoms with van der Waals surface area (Å²) >= 11 is 3.67. The molecule has 0 aromatic heterocycles. The molecule has 1 atom stereocenters. The molecule has 1 aliphatic rings. The molecule has 0 amide bonds. The molecule has 0 spiro atoms. The van der Waals surface area contributed by atoms with Gasteiger partial charge in [-0.25, -0.2) is 0 Å². The maximum atomic E-state index is 12.4. The van der Waals surface area contributed by atoms with E-state index in [1.807, 2.05) is 30.3 Å². The van der Waals surface area contributed by atoms with Gasteiger partial charge in [0.1, 0.15) is 0 Å². The molecule has 130 valence electrons. The Morgan fingerprint density at radius 3 is 2.25 bits per heavy atom. The van der Waals surface area contributed by atoms with Crippen LogP contribution in [0.1, 0.15) is 38.7 Å². The standard InChI is InChI=1S/C19H23BrO4/c1-3-23-18(21)16(19(22)24-4-2)14-11-8-12-15(14)17(20)13-9-6-5-7-10-13/h5-7,9-10,14,16H,3-4,8,11-12H2,1-2H3/b17-15+. The van der Waals surface area contributed by atoms with Crippen LogP contribution < -0.4 is 0 Å². The lowest BCUT2D eigenvalue weighted by molar-refractivity contribution is -0.163. The molecule has 2 rings (SSSR count). The Balaban J connectivity index is 2.37. The van der Waals surface area contributed by atoms with Crippen LogP contribution in [0.15, 0.2) is 35.9 Å². The van der Waals surface area contributed by atoms with E-state index >= 15 is 0 Å². The molecule has 0 saturated heterocycles. The summed E-state index contributed by atoms with van der Waals surface area (Å²) in [5.41, 5.74) is 2.14. The highest BCUT2D eigenvalue weighted by Gasteiger charge is 2.42. The molecule has 1 fully saturated rings. The minimum absolute atomic E-state index is 0.183. The molecule has 0 bridgehead atoms. The van der Waals surface area contributed by atoms with E-state index in [1.165, 1.54) is 0 Å². The molecule has 0 N–H and O–H groups in total. The van der Waals surface area contributed by atoms with Gasteiger partial charge in [-0.15, -0.1) is 0 Å². The molecule has 0 heterocycles. The summed E-state index contributed by atoms with van der Waals surface area (Å²) in [6.45, 7) is 3.98.